The van der Waals surface area contributed by atoms with E-state index in [9.17, 15) is 4.79 Å². The molecular formula is C14H17N3O4. The molecule has 2 N–H and O–H groups in total. The van der Waals surface area contributed by atoms with Gasteiger partial charge < -0.3 is 19.7 Å². The molecule has 0 saturated carbocycles. The van der Waals surface area contributed by atoms with Crippen LogP contribution < -0.4 is 10.1 Å². The van der Waals surface area contributed by atoms with Gasteiger partial charge in [-0.3, -0.25) is 4.79 Å². The number of hydrogen-bond acceptors (Lipinski definition) is 6. The van der Waals surface area contributed by atoms with Crippen molar-refractivity contribution in [2.75, 3.05) is 19.0 Å². The van der Waals surface area contributed by atoms with Crippen LogP contribution in [0.25, 0.3) is 0 Å². The van der Waals surface area contributed by atoms with Gasteiger partial charge in [-0.15, -0.1) is 0 Å². The van der Waals surface area contributed by atoms with E-state index >= 15 is 0 Å². The highest BCUT2D eigenvalue weighted by Gasteiger charge is 2.08. The van der Waals surface area contributed by atoms with Gasteiger partial charge >= 0.3 is 5.97 Å². The first-order valence-electron chi connectivity index (χ1n) is 6.58. The second-order valence-corrected chi connectivity index (χ2v) is 4.40. The topological polar surface area (TPSA) is 97.5 Å². The fourth-order valence-corrected chi connectivity index (χ4v) is 1.73. The third-order valence-corrected chi connectivity index (χ3v) is 2.83. The monoisotopic (exact) mass is 291 g/mol. The van der Waals surface area contributed by atoms with Crippen LogP contribution in [0.3, 0.4) is 0 Å². The first kappa shape index (κ1) is 14.8. The Bertz CT molecular complexity index is 580. The smallest absolute Gasteiger partial charge is 0.303 e. The highest BCUT2D eigenvalue weighted by molar-refractivity contribution is 5.66. The number of anilines is 1. The second kappa shape index (κ2) is 7.28. The van der Waals surface area contributed by atoms with Crippen LogP contribution >= 0.6 is 0 Å². The molecule has 0 aliphatic rings. The number of carbonyl (C=O) groups is 1. The maximum absolute atomic E-state index is 10.4. The Morgan fingerprint density at radius 3 is 2.76 bits per heavy atom. The first-order valence-corrected chi connectivity index (χ1v) is 6.58. The zero-order valence-electron chi connectivity index (χ0n) is 11.7. The van der Waals surface area contributed by atoms with E-state index < -0.39 is 5.97 Å². The summed E-state index contributed by atoms with van der Waals surface area (Å²) >= 11 is 0. The quantitative estimate of drug-likeness (QED) is 0.764. The molecule has 7 heteroatoms. The number of carboxylic acid groups (broad SMARTS) is 1. The molecule has 112 valence electrons. The molecule has 0 spiro atoms. The average molecular weight is 291 g/mol. The molecule has 0 aliphatic carbocycles. The molecule has 0 bridgehead atoms. The van der Waals surface area contributed by atoms with Crippen molar-refractivity contribution in [3.05, 3.63) is 36.0 Å². The number of nitrogens with one attached hydrogen (secondary N) is 1. The number of hydrogen-bond donors (Lipinski definition) is 2. The summed E-state index contributed by atoms with van der Waals surface area (Å²) in [6.07, 6.45) is 0.850. The number of aromatic nitrogens is 2. The van der Waals surface area contributed by atoms with Crippen molar-refractivity contribution < 1.29 is 19.2 Å². The standard InChI is InChI=1S/C14H17N3O4/c1-20-11-4-2-10(3-5-11)15-9-8-12-16-13(21-17-12)6-7-14(18)19/h2-5,15H,6-9H2,1H3,(H,18,19). The predicted molar refractivity (Wildman–Crippen MR) is 75.4 cm³/mol. The van der Waals surface area contributed by atoms with Crippen LogP contribution in [0.2, 0.25) is 0 Å². The normalized spacial score (nSPS) is 10.3. The average Bonchev–Trinajstić information content (AvgIpc) is 2.94. The minimum atomic E-state index is -0.879. The SMILES string of the molecule is COc1ccc(NCCc2noc(CCC(=O)O)n2)cc1. The molecule has 0 unspecified atom stereocenters. The van der Waals surface area contributed by atoms with Gasteiger partial charge in [-0.2, -0.15) is 4.98 Å². The minimum Gasteiger partial charge on any atom is -0.497 e. The Kier molecular flexibility index (Phi) is 5.14. The number of methoxy groups -OCH3 is 1. The van der Waals surface area contributed by atoms with Gasteiger partial charge in [0.15, 0.2) is 5.82 Å². The second-order valence-electron chi connectivity index (χ2n) is 4.40. The van der Waals surface area contributed by atoms with Gasteiger partial charge in [0.05, 0.1) is 13.5 Å². The van der Waals surface area contributed by atoms with E-state index in [1.807, 2.05) is 24.3 Å². The van der Waals surface area contributed by atoms with E-state index in [2.05, 4.69) is 15.5 Å². The van der Waals surface area contributed by atoms with Gasteiger partial charge in [-0.25, -0.2) is 0 Å². The van der Waals surface area contributed by atoms with Crippen molar-refractivity contribution in [1.29, 1.82) is 0 Å². The lowest BCUT2D eigenvalue weighted by molar-refractivity contribution is -0.137. The molecule has 2 aromatic rings. The van der Waals surface area contributed by atoms with E-state index in [-0.39, 0.29) is 12.8 Å². The highest BCUT2D eigenvalue weighted by atomic mass is 16.5. The van der Waals surface area contributed by atoms with Crippen LogP contribution in [0.4, 0.5) is 5.69 Å². The Labute approximate surface area is 121 Å². The number of carboxylic acids is 1. The number of rotatable bonds is 8. The predicted octanol–water partition coefficient (Wildman–Crippen LogP) is 1.75. The van der Waals surface area contributed by atoms with E-state index in [1.54, 1.807) is 7.11 Å². The van der Waals surface area contributed by atoms with Crippen molar-refractivity contribution in [3.63, 3.8) is 0 Å². The van der Waals surface area contributed by atoms with Crippen LogP contribution in [0.1, 0.15) is 18.1 Å². The third-order valence-electron chi connectivity index (χ3n) is 2.83. The van der Waals surface area contributed by atoms with Crippen molar-refractivity contribution in [3.8, 4) is 5.75 Å². The fourth-order valence-electron chi connectivity index (χ4n) is 1.73. The number of ether oxygens (including phenoxy) is 1. The molecule has 1 heterocycles. The molecule has 0 saturated heterocycles. The Balaban J connectivity index is 1.76. The molecule has 1 aromatic heterocycles. The van der Waals surface area contributed by atoms with Gasteiger partial charge in [-0.05, 0) is 24.3 Å². The zero-order valence-corrected chi connectivity index (χ0v) is 11.7. The Morgan fingerprint density at radius 1 is 1.33 bits per heavy atom. The van der Waals surface area contributed by atoms with Crippen LogP contribution in [0, 0.1) is 0 Å². The Morgan fingerprint density at radius 2 is 2.10 bits per heavy atom. The van der Waals surface area contributed by atoms with Gasteiger partial charge in [-0.1, -0.05) is 5.16 Å². The van der Waals surface area contributed by atoms with Gasteiger partial charge in [0.1, 0.15) is 5.75 Å². The van der Waals surface area contributed by atoms with Gasteiger partial charge in [0.2, 0.25) is 5.89 Å². The lowest BCUT2D eigenvalue weighted by Crippen LogP contribution is -2.06. The first-order chi connectivity index (χ1) is 10.2. The molecule has 2 rings (SSSR count). The summed E-state index contributed by atoms with van der Waals surface area (Å²) in [6.45, 7) is 0.657. The van der Waals surface area contributed by atoms with Crippen LogP contribution in [-0.2, 0) is 17.6 Å². The fraction of sp³-hybridized carbons (Fsp3) is 0.357. The summed E-state index contributed by atoms with van der Waals surface area (Å²) in [6, 6.07) is 7.60. The van der Waals surface area contributed by atoms with E-state index in [4.69, 9.17) is 14.4 Å². The van der Waals surface area contributed by atoms with Gasteiger partial charge in [0.25, 0.3) is 0 Å². The molecule has 1 aromatic carbocycles. The van der Waals surface area contributed by atoms with E-state index in [0.29, 0.717) is 24.7 Å². The lowest BCUT2D eigenvalue weighted by atomic mass is 10.3. The molecule has 0 fully saturated rings. The molecule has 21 heavy (non-hydrogen) atoms. The molecule has 0 amide bonds. The minimum absolute atomic E-state index is 0.00820. The summed E-state index contributed by atoms with van der Waals surface area (Å²) in [4.78, 5) is 14.6. The van der Waals surface area contributed by atoms with Gasteiger partial charge in [0, 0.05) is 25.1 Å². The summed E-state index contributed by atoms with van der Waals surface area (Å²) in [5, 5.41) is 15.6. The molecule has 0 aliphatic heterocycles. The number of benzene rings is 1. The molecule has 0 atom stereocenters. The lowest BCUT2D eigenvalue weighted by Gasteiger charge is -2.05. The Hall–Kier alpha value is -2.57. The van der Waals surface area contributed by atoms with Crippen molar-refractivity contribution in [1.82, 2.24) is 10.1 Å². The van der Waals surface area contributed by atoms with Crippen molar-refractivity contribution >= 4 is 11.7 Å². The molecule has 0 radical (unpaired) electrons. The number of aryl methyl sites for hydroxylation is 1. The van der Waals surface area contributed by atoms with Crippen LogP contribution in [0.15, 0.2) is 28.8 Å². The van der Waals surface area contributed by atoms with E-state index in [1.165, 1.54) is 0 Å². The summed E-state index contributed by atoms with van der Waals surface area (Å²) in [5.74, 6) is 0.853. The maximum atomic E-state index is 10.4. The largest absolute Gasteiger partial charge is 0.497 e. The summed E-state index contributed by atoms with van der Waals surface area (Å²) in [5.41, 5.74) is 0.977. The number of aliphatic carboxylic acids is 1. The molecular weight excluding hydrogens is 274 g/mol. The summed E-state index contributed by atoms with van der Waals surface area (Å²) < 4.78 is 10.1. The van der Waals surface area contributed by atoms with Crippen LogP contribution in [0.5, 0.6) is 5.75 Å². The third kappa shape index (κ3) is 4.79. The van der Waals surface area contributed by atoms with Crippen molar-refractivity contribution in [2.24, 2.45) is 0 Å². The molecule has 7 nitrogen and oxygen atoms in total. The van der Waals surface area contributed by atoms with E-state index in [0.717, 1.165) is 11.4 Å². The van der Waals surface area contributed by atoms with Crippen molar-refractivity contribution in [2.45, 2.75) is 19.3 Å². The number of nitrogens with zero attached hydrogens (tertiary/aromatic N) is 2. The van der Waals surface area contributed by atoms with Crippen LogP contribution in [-0.4, -0.2) is 34.9 Å². The summed E-state index contributed by atoms with van der Waals surface area (Å²) in [7, 11) is 1.63. The zero-order chi connectivity index (χ0) is 15.1. The maximum Gasteiger partial charge on any atom is 0.303 e. The highest BCUT2D eigenvalue weighted by Crippen LogP contribution is 2.14.